The van der Waals surface area contributed by atoms with Gasteiger partial charge in [-0.1, -0.05) is 18.2 Å². The maximum Gasteiger partial charge on any atom is 0.165 e. The van der Waals surface area contributed by atoms with Crippen molar-refractivity contribution in [1.29, 1.82) is 0 Å². The lowest BCUT2D eigenvalue weighted by atomic mass is 9.96. The molecule has 1 saturated heterocycles. The van der Waals surface area contributed by atoms with Gasteiger partial charge in [0.1, 0.15) is 12.4 Å². The quantitative estimate of drug-likeness (QED) is 0.391. The van der Waals surface area contributed by atoms with Gasteiger partial charge < -0.3 is 23.9 Å². The van der Waals surface area contributed by atoms with Gasteiger partial charge in [0.05, 0.1) is 19.3 Å². The Morgan fingerprint density at radius 3 is 2.69 bits per heavy atom. The second kappa shape index (κ2) is 12.2. The van der Waals surface area contributed by atoms with Crippen LogP contribution in [0.3, 0.4) is 0 Å². The molecule has 0 aliphatic carbocycles. The van der Waals surface area contributed by atoms with Gasteiger partial charge in [0.2, 0.25) is 0 Å². The molecule has 0 radical (unpaired) electrons. The van der Waals surface area contributed by atoms with Crippen LogP contribution in [-0.2, 0) is 13.1 Å². The van der Waals surface area contributed by atoms with E-state index in [2.05, 4.69) is 20.5 Å². The Hall–Kier alpha value is -3.10. The summed E-state index contributed by atoms with van der Waals surface area (Å²) in [4.78, 5) is 6.56. The first kappa shape index (κ1) is 26.0. The summed E-state index contributed by atoms with van der Waals surface area (Å²) >= 11 is 0. The molecule has 1 atom stereocenters. The number of benzene rings is 2. The van der Waals surface area contributed by atoms with Gasteiger partial charge in [-0.05, 0) is 69.0 Å². The molecule has 3 aromatic rings. The van der Waals surface area contributed by atoms with Crippen LogP contribution in [0, 0.1) is 12.7 Å². The summed E-state index contributed by atoms with van der Waals surface area (Å²) in [5, 5.41) is 11.1. The number of likely N-dealkylation sites (tertiary alicyclic amines) is 1. The van der Waals surface area contributed by atoms with Crippen LogP contribution in [0.25, 0.3) is 0 Å². The Balaban J connectivity index is 1.27. The van der Waals surface area contributed by atoms with Gasteiger partial charge >= 0.3 is 0 Å². The van der Waals surface area contributed by atoms with Gasteiger partial charge in [0.15, 0.2) is 23.1 Å². The molecular formula is C28H36FN3O4. The SMILES string of the molecule is COc1cc(CN2CCCC(O)(COc3ccccc3F)CC2)ccc1OCCCn1ccnc1C. The molecule has 4 rings (SSSR count). The monoisotopic (exact) mass is 497 g/mol. The van der Waals surface area contributed by atoms with E-state index in [9.17, 15) is 9.50 Å². The number of nitrogens with zero attached hydrogens (tertiary/aromatic N) is 3. The van der Waals surface area contributed by atoms with Crippen LogP contribution in [0.4, 0.5) is 4.39 Å². The fourth-order valence-electron chi connectivity index (χ4n) is 4.56. The molecule has 1 aliphatic heterocycles. The summed E-state index contributed by atoms with van der Waals surface area (Å²) in [7, 11) is 1.66. The molecule has 36 heavy (non-hydrogen) atoms. The van der Waals surface area contributed by atoms with Gasteiger partial charge in [-0.15, -0.1) is 0 Å². The Kier molecular flexibility index (Phi) is 8.83. The van der Waals surface area contributed by atoms with Crippen LogP contribution in [0.1, 0.15) is 37.1 Å². The minimum absolute atomic E-state index is 0.0854. The molecule has 1 fully saturated rings. The van der Waals surface area contributed by atoms with Gasteiger partial charge in [-0.25, -0.2) is 9.37 Å². The number of rotatable bonds is 11. The zero-order valence-corrected chi connectivity index (χ0v) is 21.2. The molecule has 0 saturated carbocycles. The van der Waals surface area contributed by atoms with Crippen molar-refractivity contribution in [2.24, 2.45) is 0 Å². The predicted molar refractivity (Wildman–Crippen MR) is 136 cm³/mol. The van der Waals surface area contributed by atoms with Gasteiger partial charge in [0, 0.05) is 32.0 Å². The summed E-state index contributed by atoms with van der Waals surface area (Å²) in [6.45, 7) is 5.88. The lowest BCUT2D eigenvalue weighted by Crippen LogP contribution is -2.37. The summed E-state index contributed by atoms with van der Waals surface area (Å²) in [5.74, 6) is 2.22. The number of imidazole rings is 1. The molecular weight excluding hydrogens is 461 g/mol. The molecule has 0 spiro atoms. The van der Waals surface area contributed by atoms with Gasteiger partial charge in [-0.3, -0.25) is 4.90 Å². The van der Waals surface area contributed by atoms with Crippen molar-refractivity contribution in [3.05, 3.63) is 72.1 Å². The molecule has 194 valence electrons. The van der Waals surface area contributed by atoms with E-state index in [4.69, 9.17) is 14.2 Å². The number of hydrogen-bond acceptors (Lipinski definition) is 6. The molecule has 7 nitrogen and oxygen atoms in total. The van der Waals surface area contributed by atoms with Crippen molar-refractivity contribution in [3.63, 3.8) is 0 Å². The summed E-state index contributed by atoms with van der Waals surface area (Å²) < 4.78 is 33.2. The van der Waals surface area contributed by atoms with Crippen LogP contribution >= 0.6 is 0 Å². The summed E-state index contributed by atoms with van der Waals surface area (Å²) in [6, 6.07) is 12.4. The molecule has 1 aromatic heterocycles. The molecule has 8 heteroatoms. The normalized spacial score (nSPS) is 18.6. The summed E-state index contributed by atoms with van der Waals surface area (Å²) in [5.41, 5.74) is 0.156. The fourth-order valence-corrected chi connectivity index (χ4v) is 4.56. The van der Waals surface area contributed by atoms with Crippen molar-refractivity contribution in [2.75, 3.05) is 33.4 Å². The highest BCUT2D eigenvalue weighted by atomic mass is 19.1. The van der Waals surface area contributed by atoms with E-state index in [1.165, 1.54) is 6.07 Å². The fraction of sp³-hybridized carbons (Fsp3) is 0.464. The van der Waals surface area contributed by atoms with Crippen LogP contribution in [0.15, 0.2) is 54.9 Å². The summed E-state index contributed by atoms with van der Waals surface area (Å²) in [6.07, 6.45) is 6.68. The Labute approximate surface area is 212 Å². The standard InChI is InChI=1S/C28H36FN3O4/c1-22-30-13-17-32(22)15-6-18-35-26-10-9-23(19-27(26)34-2)20-31-14-5-11-28(33,12-16-31)21-36-25-8-4-3-7-24(25)29/h3-4,7-10,13,17,19,33H,5-6,11-12,14-16,18,20-21H2,1-2H3. The average Bonchev–Trinajstić information content (AvgIpc) is 3.20. The average molecular weight is 498 g/mol. The van der Waals surface area contributed by atoms with E-state index in [0.717, 1.165) is 61.9 Å². The number of aliphatic hydroxyl groups is 1. The highest BCUT2D eigenvalue weighted by Crippen LogP contribution is 2.30. The third-order valence-corrected chi connectivity index (χ3v) is 6.70. The molecule has 1 aliphatic rings. The highest BCUT2D eigenvalue weighted by Gasteiger charge is 2.31. The highest BCUT2D eigenvalue weighted by molar-refractivity contribution is 5.43. The number of aryl methyl sites for hydroxylation is 2. The Morgan fingerprint density at radius 1 is 1.06 bits per heavy atom. The molecule has 1 unspecified atom stereocenters. The number of para-hydroxylation sites is 1. The number of aromatic nitrogens is 2. The predicted octanol–water partition coefficient (Wildman–Crippen LogP) is 4.60. The first-order valence-electron chi connectivity index (χ1n) is 12.6. The van der Waals surface area contributed by atoms with E-state index in [-0.39, 0.29) is 12.4 Å². The smallest absolute Gasteiger partial charge is 0.165 e. The van der Waals surface area contributed by atoms with E-state index < -0.39 is 11.4 Å². The van der Waals surface area contributed by atoms with E-state index in [1.54, 1.807) is 25.3 Å². The van der Waals surface area contributed by atoms with Crippen molar-refractivity contribution in [1.82, 2.24) is 14.5 Å². The Morgan fingerprint density at radius 2 is 1.92 bits per heavy atom. The topological polar surface area (TPSA) is 69.0 Å². The number of hydrogen-bond donors (Lipinski definition) is 1. The van der Waals surface area contributed by atoms with Crippen LogP contribution in [0.5, 0.6) is 17.2 Å². The van der Waals surface area contributed by atoms with Crippen molar-refractivity contribution < 1.29 is 23.7 Å². The largest absolute Gasteiger partial charge is 0.493 e. The maximum atomic E-state index is 13.9. The van der Waals surface area contributed by atoms with Crippen molar-refractivity contribution in [3.8, 4) is 17.2 Å². The molecule has 1 N–H and O–H groups in total. The number of methoxy groups -OCH3 is 1. The lowest BCUT2D eigenvalue weighted by molar-refractivity contribution is -0.0177. The van der Waals surface area contributed by atoms with Crippen LogP contribution in [-0.4, -0.2) is 58.6 Å². The van der Waals surface area contributed by atoms with Crippen molar-refractivity contribution >= 4 is 0 Å². The van der Waals surface area contributed by atoms with Crippen molar-refractivity contribution in [2.45, 2.75) is 51.3 Å². The van der Waals surface area contributed by atoms with Gasteiger partial charge in [-0.2, -0.15) is 0 Å². The number of ether oxygens (including phenoxy) is 3. The third kappa shape index (κ3) is 6.98. The van der Waals surface area contributed by atoms with E-state index >= 15 is 0 Å². The minimum Gasteiger partial charge on any atom is -0.493 e. The maximum absolute atomic E-state index is 13.9. The second-order valence-corrected chi connectivity index (χ2v) is 9.43. The van der Waals surface area contributed by atoms with Crippen LogP contribution in [0.2, 0.25) is 0 Å². The molecule has 2 aromatic carbocycles. The molecule has 0 amide bonds. The third-order valence-electron chi connectivity index (χ3n) is 6.70. The molecule has 0 bridgehead atoms. The minimum atomic E-state index is -0.971. The zero-order chi connectivity index (χ0) is 25.4. The lowest BCUT2D eigenvalue weighted by Gasteiger charge is -2.27. The van der Waals surface area contributed by atoms with Gasteiger partial charge in [0.25, 0.3) is 0 Å². The van der Waals surface area contributed by atoms with E-state index in [0.29, 0.717) is 19.4 Å². The second-order valence-electron chi connectivity index (χ2n) is 9.43. The first-order chi connectivity index (χ1) is 17.5. The first-order valence-corrected chi connectivity index (χ1v) is 12.6. The van der Waals surface area contributed by atoms with Crippen LogP contribution < -0.4 is 14.2 Å². The Bertz CT molecular complexity index is 1120. The van der Waals surface area contributed by atoms with E-state index in [1.807, 2.05) is 31.5 Å². The molecule has 2 heterocycles. The number of halogens is 1. The zero-order valence-electron chi connectivity index (χ0n) is 21.2.